The zero-order valence-corrected chi connectivity index (χ0v) is 37.2. The minimum absolute atomic E-state index is 0.0602. The number of hydrogen-bond acceptors (Lipinski definition) is 9. The number of esters is 1. The summed E-state index contributed by atoms with van der Waals surface area (Å²) < 4.78 is 53.2. The Morgan fingerprint density at radius 3 is 2.23 bits per heavy atom. The molecule has 7 rings (SSSR count). The third-order valence-corrected chi connectivity index (χ3v) is 14.1. The number of carbonyl (C=O) groups excluding carboxylic acids is 5. The quantitative estimate of drug-likeness (QED) is 0.125. The maximum Gasteiger partial charge on any atom is 0.418 e. The molecule has 0 bridgehead atoms. The number of nitrogens with two attached hydrogens (primary N) is 1. The first-order valence-corrected chi connectivity index (χ1v) is 23.3. The molecule has 4 fully saturated rings. The van der Waals surface area contributed by atoms with Crippen molar-refractivity contribution in [2.45, 2.75) is 102 Å². The normalized spacial score (nSPS) is 20.4. The Morgan fingerprint density at radius 1 is 0.844 bits per heavy atom. The van der Waals surface area contributed by atoms with E-state index in [9.17, 15) is 37.1 Å². The summed E-state index contributed by atoms with van der Waals surface area (Å²) in [6.45, 7) is 5.92. The summed E-state index contributed by atoms with van der Waals surface area (Å²) in [5, 5.41) is 2.68. The number of para-hydroxylation sites is 1. The number of piperidine rings is 4. The molecule has 2 aromatic rings. The summed E-state index contributed by atoms with van der Waals surface area (Å²) in [4.78, 5) is 74.6. The number of carbonyl (C=O) groups is 5. The Morgan fingerprint density at radius 2 is 1.53 bits per heavy atom. The average Bonchev–Trinajstić information content (AvgIpc) is 3.46. The number of halogens is 4. The number of fused-ring (bicyclic) bond motifs is 1. The van der Waals surface area contributed by atoms with Gasteiger partial charge in [0.2, 0.25) is 5.91 Å². The molecule has 5 amide bonds. The summed E-state index contributed by atoms with van der Waals surface area (Å²) in [6, 6.07) is 9.48. The lowest BCUT2D eigenvalue weighted by molar-refractivity contribution is -0.145. The van der Waals surface area contributed by atoms with E-state index in [0.717, 1.165) is 75.5 Å². The molecule has 0 spiro atoms. The SMILES string of the molecule is Nc1c(Cl)cc(CC(OC(=O)N2CCC(N3CCc4ccccc4NC3=O)CC2)C(=O)N2CCC(C3CCN(CCC(=O)OCCCN4CCCCC4=O)CC3)CC2)cc1C(F)(F)F. The maximum absolute atomic E-state index is 14.2. The lowest BCUT2D eigenvalue weighted by Crippen LogP contribution is -2.52. The highest BCUT2D eigenvalue weighted by molar-refractivity contribution is 6.33. The number of urea groups is 1. The zero-order chi connectivity index (χ0) is 45.4. The molecule has 0 aliphatic carbocycles. The van der Waals surface area contributed by atoms with Gasteiger partial charge >= 0.3 is 24.3 Å². The largest absolute Gasteiger partial charge is 0.466 e. The molecule has 64 heavy (non-hydrogen) atoms. The van der Waals surface area contributed by atoms with E-state index in [-0.39, 0.29) is 54.0 Å². The van der Waals surface area contributed by atoms with E-state index in [1.807, 2.05) is 29.2 Å². The highest BCUT2D eigenvalue weighted by atomic mass is 35.5. The predicted octanol–water partition coefficient (Wildman–Crippen LogP) is 6.83. The van der Waals surface area contributed by atoms with Gasteiger partial charge in [-0.1, -0.05) is 29.8 Å². The van der Waals surface area contributed by atoms with Gasteiger partial charge in [0, 0.05) is 76.9 Å². The van der Waals surface area contributed by atoms with Crippen LogP contribution >= 0.6 is 11.6 Å². The fourth-order valence-electron chi connectivity index (χ4n) is 10.0. The number of ether oxygens (including phenoxy) is 2. The molecule has 1 unspecified atom stereocenters. The van der Waals surface area contributed by atoms with Crippen LogP contribution in [0.2, 0.25) is 5.02 Å². The van der Waals surface area contributed by atoms with Crippen molar-refractivity contribution in [2.24, 2.45) is 11.8 Å². The number of likely N-dealkylation sites (tertiary alicyclic amines) is 4. The van der Waals surface area contributed by atoms with Crippen LogP contribution in [0.3, 0.4) is 0 Å². The maximum atomic E-state index is 14.2. The van der Waals surface area contributed by atoms with Crippen LogP contribution in [0, 0.1) is 11.8 Å². The van der Waals surface area contributed by atoms with Crippen molar-refractivity contribution in [2.75, 3.05) is 83.1 Å². The molecule has 350 valence electrons. The van der Waals surface area contributed by atoms with Gasteiger partial charge in [0.05, 0.1) is 29.3 Å². The van der Waals surface area contributed by atoms with Crippen LogP contribution < -0.4 is 11.1 Å². The molecule has 18 heteroatoms. The topological polar surface area (TPSA) is 158 Å². The summed E-state index contributed by atoms with van der Waals surface area (Å²) in [7, 11) is 0. The average molecular weight is 916 g/mol. The van der Waals surface area contributed by atoms with Gasteiger partial charge in [0.15, 0.2) is 6.10 Å². The lowest BCUT2D eigenvalue weighted by Gasteiger charge is -2.41. The van der Waals surface area contributed by atoms with Crippen molar-refractivity contribution in [3.05, 3.63) is 58.1 Å². The molecular weight excluding hydrogens is 855 g/mol. The number of rotatable bonds is 13. The van der Waals surface area contributed by atoms with E-state index >= 15 is 0 Å². The third kappa shape index (κ3) is 12.1. The first-order valence-electron chi connectivity index (χ1n) is 22.9. The molecule has 0 aromatic heterocycles. The Kier molecular flexibility index (Phi) is 15.8. The van der Waals surface area contributed by atoms with Crippen LogP contribution in [-0.4, -0.2) is 139 Å². The molecule has 3 N–H and O–H groups in total. The molecule has 14 nitrogen and oxygen atoms in total. The first kappa shape index (κ1) is 47.2. The van der Waals surface area contributed by atoms with Crippen LogP contribution in [0.25, 0.3) is 0 Å². The molecule has 0 radical (unpaired) electrons. The number of amides is 5. The van der Waals surface area contributed by atoms with E-state index < -0.39 is 35.5 Å². The van der Waals surface area contributed by atoms with Gasteiger partial charge in [-0.05, 0) is 118 Å². The second-order valence-corrected chi connectivity index (χ2v) is 18.3. The van der Waals surface area contributed by atoms with Crippen molar-refractivity contribution in [3.63, 3.8) is 0 Å². The minimum atomic E-state index is -4.79. The zero-order valence-electron chi connectivity index (χ0n) is 36.4. The molecule has 0 saturated carbocycles. The van der Waals surface area contributed by atoms with Crippen LogP contribution in [0.4, 0.5) is 34.1 Å². The van der Waals surface area contributed by atoms with Gasteiger partial charge < -0.3 is 45.0 Å². The van der Waals surface area contributed by atoms with Gasteiger partial charge in [-0.3, -0.25) is 14.4 Å². The summed E-state index contributed by atoms with van der Waals surface area (Å²) in [5.41, 5.74) is 5.85. The molecule has 5 aliphatic heterocycles. The number of benzene rings is 2. The van der Waals surface area contributed by atoms with Crippen molar-refractivity contribution in [3.8, 4) is 0 Å². The number of alkyl halides is 3. The van der Waals surface area contributed by atoms with Crippen LogP contribution in [0.5, 0.6) is 0 Å². The first-order chi connectivity index (χ1) is 30.7. The van der Waals surface area contributed by atoms with Crippen LogP contribution in [0.15, 0.2) is 36.4 Å². The van der Waals surface area contributed by atoms with Gasteiger partial charge in [0.1, 0.15) is 0 Å². The molecule has 2 aromatic carbocycles. The van der Waals surface area contributed by atoms with E-state index in [1.165, 1.54) is 11.0 Å². The highest BCUT2D eigenvalue weighted by Gasteiger charge is 2.39. The fraction of sp³-hybridized carbons (Fsp3) is 0.630. The smallest absolute Gasteiger partial charge is 0.418 e. The van der Waals surface area contributed by atoms with Gasteiger partial charge in [0.25, 0.3) is 5.91 Å². The third-order valence-electron chi connectivity index (χ3n) is 13.8. The summed E-state index contributed by atoms with van der Waals surface area (Å²) in [6.07, 6.45) is 1.29. The molecule has 1 atom stereocenters. The van der Waals surface area contributed by atoms with Crippen molar-refractivity contribution < 1.29 is 46.6 Å². The number of nitrogens with one attached hydrogen (secondary N) is 1. The Bertz CT molecular complexity index is 1980. The van der Waals surface area contributed by atoms with Gasteiger partial charge in [-0.25, -0.2) is 9.59 Å². The fourth-order valence-corrected chi connectivity index (χ4v) is 10.3. The van der Waals surface area contributed by atoms with E-state index in [2.05, 4.69) is 10.2 Å². The molecular formula is C46H61ClF3N7O7. The Labute approximate surface area is 377 Å². The Balaban J connectivity index is 0.895. The van der Waals surface area contributed by atoms with Crippen molar-refractivity contribution >= 4 is 52.9 Å². The minimum Gasteiger partial charge on any atom is -0.466 e. The molecule has 5 aliphatic rings. The van der Waals surface area contributed by atoms with E-state index in [4.69, 9.17) is 26.8 Å². The number of anilines is 2. The van der Waals surface area contributed by atoms with Crippen molar-refractivity contribution in [1.29, 1.82) is 0 Å². The van der Waals surface area contributed by atoms with Gasteiger partial charge in [-0.2, -0.15) is 13.2 Å². The highest BCUT2D eigenvalue weighted by Crippen LogP contribution is 2.39. The summed E-state index contributed by atoms with van der Waals surface area (Å²) >= 11 is 6.17. The van der Waals surface area contributed by atoms with E-state index in [0.29, 0.717) is 89.7 Å². The van der Waals surface area contributed by atoms with Crippen LogP contribution in [0.1, 0.15) is 87.3 Å². The van der Waals surface area contributed by atoms with Crippen molar-refractivity contribution in [1.82, 2.24) is 24.5 Å². The number of nitrogens with zero attached hydrogens (tertiary/aromatic N) is 5. The van der Waals surface area contributed by atoms with Crippen LogP contribution in [-0.2, 0) is 42.9 Å². The number of hydrogen-bond donors (Lipinski definition) is 2. The Hall–Kier alpha value is -4.77. The number of nitrogen functional groups attached to an aromatic ring is 1. The van der Waals surface area contributed by atoms with Gasteiger partial charge in [-0.15, -0.1) is 0 Å². The lowest BCUT2D eigenvalue weighted by atomic mass is 9.78. The predicted molar refractivity (Wildman–Crippen MR) is 234 cm³/mol. The summed E-state index contributed by atoms with van der Waals surface area (Å²) in [5.74, 6) is 0.281. The second kappa shape index (κ2) is 21.5. The monoisotopic (exact) mass is 915 g/mol. The van der Waals surface area contributed by atoms with E-state index in [1.54, 1.807) is 9.80 Å². The molecule has 4 saturated heterocycles. The standard InChI is InChI=1S/C46H61ClF3N7O7/c47-37-29-31(28-36(42(37)51)46(48,49)50)30-39(64-45(62)56-24-14-35(15-25-56)57-26-13-34-6-1-2-7-38(34)52-44(57)61)43(60)55-22-11-33(12-23-55)32-9-19-53(20-10-32)21-16-41(59)63-27-5-18-54-17-4-3-8-40(54)58/h1-2,6-7,28-29,32-33,35,39H,3-5,8-27,30,51H2,(H,52,61). The molecule has 5 heterocycles. The second-order valence-electron chi connectivity index (χ2n) is 17.9.